The Labute approximate surface area is 223 Å². The van der Waals surface area contributed by atoms with Crippen LogP contribution in [0.4, 0.5) is 0 Å². The number of aromatic nitrogens is 2. The van der Waals surface area contributed by atoms with E-state index < -0.39 is 0 Å². The molecule has 2 heterocycles. The van der Waals surface area contributed by atoms with Crippen LogP contribution in [0.15, 0.2) is 60.7 Å². The highest BCUT2D eigenvalue weighted by molar-refractivity contribution is 5.86. The zero-order chi connectivity index (χ0) is 21.8. The van der Waals surface area contributed by atoms with Crippen molar-refractivity contribution in [2.75, 3.05) is 26.2 Å². The highest BCUT2D eigenvalue weighted by Gasteiger charge is 2.33. The third kappa shape index (κ3) is 6.77. The average molecular weight is 526 g/mol. The molecule has 3 aromatic rings. The van der Waals surface area contributed by atoms with Crippen LogP contribution in [-0.4, -0.2) is 45.9 Å². The third-order valence-electron chi connectivity index (χ3n) is 6.56. The first-order valence-electron chi connectivity index (χ1n) is 11.7. The van der Waals surface area contributed by atoms with Crippen LogP contribution in [0.3, 0.4) is 0 Å². The van der Waals surface area contributed by atoms with Crippen LogP contribution in [0.5, 0.6) is 0 Å². The second-order valence-corrected chi connectivity index (χ2v) is 9.03. The molecule has 1 aliphatic rings. The summed E-state index contributed by atoms with van der Waals surface area (Å²) in [5.41, 5.74) is 5.21. The number of hydrogen-bond donors (Lipinski definition) is 1. The standard InChI is InChI=1S/C27H36N4.3ClH/c1-5-24-28-21(4)25(29-24)26(20(2)3)30-16-18-31(19-17-30)27(22-12-8-6-9-13-22)23-14-10-7-11-15-23;;;/h6-15,20,26-27H,5,16-19H2,1-4H3,(H,28,29);3*1H. The lowest BCUT2D eigenvalue weighted by Crippen LogP contribution is -2.50. The molecule has 34 heavy (non-hydrogen) atoms. The Morgan fingerprint density at radius 3 is 1.68 bits per heavy atom. The van der Waals surface area contributed by atoms with Crippen LogP contribution in [0.1, 0.15) is 61.2 Å². The van der Waals surface area contributed by atoms with Crippen molar-refractivity contribution in [3.63, 3.8) is 0 Å². The van der Waals surface area contributed by atoms with E-state index in [0.29, 0.717) is 18.0 Å². The van der Waals surface area contributed by atoms with Gasteiger partial charge in [-0.15, -0.1) is 37.2 Å². The van der Waals surface area contributed by atoms with Gasteiger partial charge in [-0.05, 0) is 24.0 Å². The zero-order valence-electron chi connectivity index (χ0n) is 20.6. The van der Waals surface area contributed by atoms with Gasteiger partial charge >= 0.3 is 0 Å². The lowest BCUT2D eigenvalue weighted by Gasteiger charge is -2.43. The van der Waals surface area contributed by atoms with Crippen LogP contribution < -0.4 is 0 Å². The van der Waals surface area contributed by atoms with E-state index in [9.17, 15) is 0 Å². The predicted molar refractivity (Wildman–Crippen MR) is 150 cm³/mol. The maximum absolute atomic E-state index is 4.96. The second-order valence-electron chi connectivity index (χ2n) is 9.03. The molecule has 2 aromatic carbocycles. The van der Waals surface area contributed by atoms with Crippen LogP contribution >= 0.6 is 37.2 Å². The maximum Gasteiger partial charge on any atom is 0.106 e. The quantitative estimate of drug-likeness (QED) is 0.375. The number of nitrogens with one attached hydrogen (secondary N) is 1. The summed E-state index contributed by atoms with van der Waals surface area (Å²) in [5, 5.41) is 0. The summed E-state index contributed by atoms with van der Waals surface area (Å²) in [6, 6.07) is 22.6. The maximum atomic E-state index is 4.96. The molecule has 1 atom stereocenters. The Bertz CT molecular complexity index is 915. The van der Waals surface area contributed by atoms with Gasteiger partial charge in [0.1, 0.15) is 5.82 Å². The van der Waals surface area contributed by atoms with Gasteiger partial charge in [0, 0.05) is 38.3 Å². The fourth-order valence-electron chi connectivity index (χ4n) is 5.06. The van der Waals surface area contributed by atoms with Gasteiger partial charge in [-0.1, -0.05) is 81.4 Å². The number of halogens is 3. The molecule has 188 valence electrons. The molecule has 0 spiro atoms. The van der Waals surface area contributed by atoms with Crippen molar-refractivity contribution in [1.29, 1.82) is 0 Å². The Morgan fingerprint density at radius 2 is 1.26 bits per heavy atom. The Balaban J connectivity index is 0.00000193. The van der Waals surface area contributed by atoms with E-state index >= 15 is 0 Å². The van der Waals surface area contributed by atoms with E-state index in [1.807, 2.05) is 0 Å². The monoisotopic (exact) mass is 524 g/mol. The molecule has 4 nitrogen and oxygen atoms in total. The van der Waals surface area contributed by atoms with Crippen molar-refractivity contribution in [2.45, 2.75) is 46.2 Å². The minimum absolute atomic E-state index is 0. The number of benzene rings is 2. The van der Waals surface area contributed by atoms with E-state index in [1.54, 1.807) is 0 Å². The van der Waals surface area contributed by atoms with Gasteiger partial charge in [0.2, 0.25) is 0 Å². The highest BCUT2D eigenvalue weighted by Crippen LogP contribution is 2.34. The number of imidazole rings is 1. The number of H-pyrrole nitrogens is 1. The fraction of sp³-hybridized carbons (Fsp3) is 0.444. The van der Waals surface area contributed by atoms with Crippen molar-refractivity contribution < 1.29 is 0 Å². The van der Waals surface area contributed by atoms with E-state index in [4.69, 9.17) is 4.98 Å². The molecule has 1 aromatic heterocycles. The summed E-state index contributed by atoms with van der Waals surface area (Å²) in [5.74, 6) is 1.63. The van der Waals surface area contributed by atoms with Crippen molar-refractivity contribution in [1.82, 2.24) is 19.8 Å². The summed E-state index contributed by atoms with van der Waals surface area (Å²) in [6.07, 6.45) is 0.954. The van der Waals surface area contributed by atoms with Gasteiger partial charge in [0.05, 0.1) is 17.8 Å². The molecule has 0 aliphatic carbocycles. The molecule has 0 bridgehead atoms. The Morgan fingerprint density at radius 1 is 0.794 bits per heavy atom. The van der Waals surface area contributed by atoms with Gasteiger partial charge in [-0.2, -0.15) is 0 Å². The number of nitrogens with zero attached hydrogens (tertiary/aromatic N) is 3. The third-order valence-corrected chi connectivity index (χ3v) is 6.56. The predicted octanol–water partition coefficient (Wildman–Crippen LogP) is 6.65. The lowest BCUT2D eigenvalue weighted by atomic mass is 9.94. The number of aromatic amines is 1. The molecule has 1 N–H and O–H groups in total. The molecule has 1 saturated heterocycles. The smallest absolute Gasteiger partial charge is 0.106 e. The highest BCUT2D eigenvalue weighted by atomic mass is 35.5. The largest absolute Gasteiger partial charge is 0.346 e. The minimum atomic E-state index is 0. The number of rotatable bonds is 7. The molecule has 4 rings (SSSR count). The molecule has 0 saturated carbocycles. The normalized spacial score (nSPS) is 15.4. The summed E-state index contributed by atoms with van der Waals surface area (Å²) < 4.78 is 0. The summed E-state index contributed by atoms with van der Waals surface area (Å²) in [4.78, 5) is 13.8. The van der Waals surface area contributed by atoms with Gasteiger partial charge in [0.25, 0.3) is 0 Å². The van der Waals surface area contributed by atoms with E-state index in [1.165, 1.54) is 22.5 Å². The molecule has 1 aliphatic heterocycles. The summed E-state index contributed by atoms with van der Waals surface area (Å²) in [7, 11) is 0. The molecular weight excluding hydrogens is 487 g/mol. The number of piperazine rings is 1. The second kappa shape index (κ2) is 14.1. The topological polar surface area (TPSA) is 35.2 Å². The lowest BCUT2D eigenvalue weighted by molar-refractivity contribution is 0.0598. The molecule has 7 heteroatoms. The van der Waals surface area contributed by atoms with Gasteiger partial charge in [-0.3, -0.25) is 9.80 Å². The number of aryl methyl sites for hydroxylation is 2. The average Bonchev–Trinajstić information content (AvgIpc) is 3.17. The first-order valence-corrected chi connectivity index (χ1v) is 11.7. The SMILES string of the molecule is CCc1nc(C(C(C)C)N2CCN(C(c3ccccc3)c3ccccc3)CC2)c(C)[nH]1.Cl.Cl.Cl. The molecular formula is C27H39Cl3N4. The van der Waals surface area contributed by atoms with E-state index in [-0.39, 0.29) is 37.2 Å². The van der Waals surface area contributed by atoms with Crippen molar-refractivity contribution >= 4 is 37.2 Å². The van der Waals surface area contributed by atoms with E-state index in [2.05, 4.69) is 103 Å². The zero-order valence-corrected chi connectivity index (χ0v) is 23.1. The van der Waals surface area contributed by atoms with Gasteiger partial charge in [0.15, 0.2) is 0 Å². The number of hydrogen-bond acceptors (Lipinski definition) is 3. The molecule has 1 unspecified atom stereocenters. The van der Waals surface area contributed by atoms with Crippen molar-refractivity contribution in [3.8, 4) is 0 Å². The first-order chi connectivity index (χ1) is 15.1. The Hall–Kier alpha value is -1.56. The van der Waals surface area contributed by atoms with Gasteiger partial charge in [-0.25, -0.2) is 4.98 Å². The summed E-state index contributed by atoms with van der Waals surface area (Å²) >= 11 is 0. The van der Waals surface area contributed by atoms with Gasteiger partial charge < -0.3 is 4.98 Å². The minimum Gasteiger partial charge on any atom is -0.346 e. The fourth-order valence-corrected chi connectivity index (χ4v) is 5.06. The van der Waals surface area contributed by atoms with Crippen LogP contribution in [-0.2, 0) is 6.42 Å². The Kier molecular flexibility index (Phi) is 12.6. The van der Waals surface area contributed by atoms with Crippen LogP contribution in [0.2, 0.25) is 0 Å². The van der Waals surface area contributed by atoms with E-state index in [0.717, 1.165) is 38.4 Å². The van der Waals surface area contributed by atoms with Crippen LogP contribution in [0, 0.1) is 12.8 Å². The molecule has 0 amide bonds. The molecule has 0 radical (unpaired) electrons. The van der Waals surface area contributed by atoms with Crippen molar-refractivity contribution in [3.05, 3.63) is 89.0 Å². The summed E-state index contributed by atoms with van der Waals surface area (Å²) in [6.45, 7) is 13.2. The first kappa shape index (κ1) is 30.5. The van der Waals surface area contributed by atoms with Crippen molar-refractivity contribution in [2.24, 2.45) is 5.92 Å². The molecule has 1 fully saturated rings. The van der Waals surface area contributed by atoms with Crippen LogP contribution in [0.25, 0.3) is 0 Å².